The highest BCUT2D eigenvalue weighted by atomic mass is 32.1. The highest BCUT2D eigenvalue weighted by Crippen LogP contribution is 2.26. The first-order valence-corrected chi connectivity index (χ1v) is 8.26. The van der Waals surface area contributed by atoms with Crippen molar-refractivity contribution < 1.29 is 9.53 Å². The zero-order valence-corrected chi connectivity index (χ0v) is 13.7. The fourth-order valence-electron chi connectivity index (χ4n) is 2.63. The molecule has 1 unspecified atom stereocenters. The van der Waals surface area contributed by atoms with Gasteiger partial charge < -0.3 is 10.1 Å². The maximum atomic E-state index is 12.4. The minimum Gasteiger partial charge on any atom is -0.381 e. The summed E-state index contributed by atoms with van der Waals surface area (Å²) in [6.45, 7) is 4.01. The van der Waals surface area contributed by atoms with Gasteiger partial charge in [-0.05, 0) is 13.3 Å². The third-order valence-corrected chi connectivity index (χ3v) is 4.68. The van der Waals surface area contributed by atoms with Gasteiger partial charge in [0.25, 0.3) is 5.91 Å². The Bertz CT molecular complexity index is 658. The van der Waals surface area contributed by atoms with Crippen molar-refractivity contribution in [2.45, 2.75) is 25.7 Å². The molecule has 1 aliphatic heterocycles. The number of nitrogens with zero attached hydrogens (tertiary/aromatic N) is 3. The second kappa shape index (κ2) is 6.58. The Morgan fingerprint density at radius 1 is 1.59 bits per heavy atom. The van der Waals surface area contributed by atoms with Crippen LogP contribution in [0, 0.1) is 6.92 Å². The van der Waals surface area contributed by atoms with E-state index in [1.807, 2.05) is 20.2 Å². The van der Waals surface area contributed by atoms with Gasteiger partial charge in [0.05, 0.1) is 22.9 Å². The fourth-order valence-corrected chi connectivity index (χ4v) is 3.41. The number of nitrogens with one attached hydrogen (secondary N) is 1. The largest absolute Gasteiger partial charge is 0.381 e. The van der Waals surface area contributed by atoms with Gasteiger partial charge in [0, 0.05) is 49.8 Å². The van der Waals surface area contributed by atoms with Crippen molar-refractivity contribution in [3.8, 4) is 0 Å². The van der Waals surface area contributed by atoms with Crippen molar-refractivity contribution in [3.05, 3.63) is 33.5 Å². The van der Waals surface area contributed by atoms with Crippen molar-refractivity contribution in [1.82, 2.24) is 20.1 Å². The van der Waals surface area contributed by atoms with E-state index in [2.05, 4.69) is 15.4 Å². The van der Waals surface area contributed by atoms with E-state index in [0.29, 0.717) is 18.7 Å². The molecule has 118 valence electrons. The molecule has 6 nitrogen and oxygen atoms in total. The molecule has 0 aliphatic carbocycles. The summed E-state index contributed by atoms with van der Waals surface area (Å²) >= 11 is 1.67. The number of hydrogen-bond donors (Lipinski definition) is 1. The molecule has 0 spiro atoms. The minimum atomic E-state index is -0.0664. The average Bonchev–Trinajstić information content (AvgIpc) is 3.19. The molecule has 3 heterocycles. The van der Waals surface area contributed by atoms with Crippen molar-refractivity contribution in [3.63, 3.8) is 0 Å². The first-order chi connectivity index (χ1) is 10.6. The van der Waals surface area contributed by atoms with Gasteiger partial charge in [-0.3, -0.25) is 9.48 Å². The van der Waals surface area contributed by atoms with E-state index in [1.54, 1.807) is 22.2 Å². The summed E-state index contributed by atoms with van der Waals surface area (Å²) in [7, 11) is 1.84. The van der Waals surface area contributed by atoms with Gasteiger partial charge in [-0.1, -0.05) is 0 Å². The quantitative estimate of drug-likeness (QED) is 0.910. The lowest BCUT2D eigenvalue weighted by atomic mass is 10.0. The molecule has 22 heavy (non-hydrogen) atoms. The highest BCUT2D eigenvalue weighted by molar-refractivity contribution is 7.11. The molecule has 2 aromatic heterocycles. The van der Waals surface area contributed by atoms with E-state index in [-0.39, 0.29) is 11.8 Å². The summed E-state index contributed by atoms with van der Waals surface area (Å²) in [4.78, 5) is 17.9. The lowest BCUT2D eigenvalue weighted by Gasteiger charge is -2.07. The fraction of sp³-hybridized carbons (Fsp3) is 0.533. The summed E-state index contributed by atoms with van der Waals surface area (Å²) in [5.41, 5.74) is 1.51. The number of amides is 1. The smallest absolute Gasteiger partial charge is 0.254 e. The molecule has 1 atom stereocenters. The van der Waals surface area contributed by atoms with Crippen LogP contribution in [0.25, 0.3) is 0 Å². The number of carbonyl (C=O) groups is 1. The summed E-state index contributed by atoms with van der Waals surface area (Å²) in [5.74, 6) is 0.159. The molecule has 1 saturated heterocycles. The Morgan fingerprint density at radius 2 is 2.45 bits per heavy atom. The third kappa shape index (κ3) is 3.36. The summed E-state index contributed by atoms with van der Waals surface area (Å²) in [6.07, 6.45) is 5.33. The molecule has 1 fully saturated rings. The van der Waals surface area contributed by atoms with Crippen LogP contribution in [0.3, 0.4) is 0 Å². The van der Waals surface area contributed by atoms with E-state index in [4.69, 9.17) is 4.74 Å². The highest BCUT2D eigenvalue weighted by Gasteiger charge is 2.26. The van der Waals surface area contributed by atoms with Gasteiger partial charge in [0.15, 0.2) is 0 Å². The van der Waals surface area contributed by atoms with Crippen LogP contribution in [0.5, 0.6) is 0 Å². The van der Waals surface area contributed by atoms with E-state index in [0.717, 1.165) is 30.2 Å². The minimum absolute atomic E-state index is 0.0664. The molecule has 1 amide bonds. The van der Waals surface area contributed by atoms with Crippen LogP contribution in [-0.4, -0.2) is 40.4 Å². The van der Waals surface area contributed by atoms with Gasteiger partial charge in [0.2, 0.25) is 0 Å². The van der Waals surface area contributed by atoms with Crippen LogP contribution < -0.4 is 5.32 Å². The predicted molar refractivity (Wildman–Crippen MR) is 84.3 cm³/mol. The molecule has 0 aromatic carbocycles. The molecule has 7 heteroatoms. The zero-order valence-electron chi connectivity index (χ0n) is 12.8. The van der Waals surface area contributed by atoms with Gasteiger partial charge >= 0.3 is 0 Å². The molecule has 3 rings (SSSR count). The Labute approximate surface area is 133 Å². The van der Waals surface area contributed by atoms with Crippen LogP contribution in [0.4, 0.5) is 0 Å². The Kier molecular flexibility index (Phi) is 4.54. The van der Waals surface area contributed by atoms with Crippen LogP contribution in [0.15, 0.2) is 12.4 Å². The first kappa shape index (κ1) is 15.2. The van der Waals surface area contributed by atoms with Crippen LogP contribution in [0.1, 0.15) is 38.3 Å². The van der Waals surface area contributed by atoms with Crippen LogP contribution in [-0.2, 0) is 18.2 Å². The monoisotopic (exact) mass is 320 g/mol. The first-order valence-electron chi connectivity index (χ1n) is 7.44. The number of ether oxygens (including phenoxy) is 1. The number of rotatable bonds is 5. The van der Waals surface area contributed by atoms with Crippen LogP contribution in [0.2, 0.25) is 0 Å². The lowest BCUT2D eigenvalue weighted by Crippen LogP contribution is -2.26. The molecular formula is C15H20N4O2S. The SMILES string of the molecule is Cc1cnc(CCNC(=O)c2cn(C)nc2C2CCOC2)s1. The Morgan fingerprint density at radius 3 is 3.14 bits per heavy atom. The van der Waals surface area contributed by atoms with Gasteiger partial charge in [-0.15, -0.1) is 11.3 Å². The molecule has 0 saturated carbocycles. The average molecular weight is 320 g/mol. The second-order valence-electron chi connectivity index (χ2n) is 5.53. The van der Waals surface area contributed by atoms with Gasteiger partial charge in [0.1, 0.15) is 0 Å². The number of aryl methyl sites for hydroxylation is 2. The molecule has 0 radical (unpaired) electrons. The van der Waals surface area contributed by atoms with Gasteiger partial charge in [-0.2, -0.15) is 5.10 Å². The maximum Gasteiger partial charge on any atom is 0.254 e. The molecule has 1 aliphatic rings. The molecule has 0 bridgehead atoms. The molecule has 1 N–H and O–H groups in total. The Hall–Kier alpha value is -1.73. The van der Waals surface area contributed by atoms with Gasteiger partial charge in [-0.25, -0.2) is 4.98 Å². The number of aromatic nitrogens is 3. The molecular weight excluding hydrogens is 300 g/mol. The third-order valence-electron chi connectivity index (χ3n) is 3.71. The normalized spacial score (nSPS) is 17.8. The number of carbonyl (C=O) groups excluding carboxylic acids is 1. The summed E-state index contributed by atoms with van der Waals surface area (Å²) < 4.78 is 7.11. The lowest BCUT2D eigenvalue weighted by molar-refractivity contribution is 0.0952. The number of thiazole rings is 1. The van der Waals surface area contributed by atoms with Crippen molar-refractivity contribution in [2.75, 3.05) is 19.8 Å². The second-order valence-corrected chi connectivity index (χ2v) is 6.85. The standard InChI is InChI=1S/C15H20N4O2S/c1-10-7-17-13(22-10)3-5-16-15(20)12-8-19(2)18-14(12)11-4-6-21-9-11/h7-8,11H,3-6,9H2,1-2H3,(H,16,20). The van der Waals surface area contributed by atoms with E-state index in [1.165, 1.54) is 4.88 Å². The molecule has 2 aromatic rings. The van der Waals surface area contributed by atoms with E-state index >= 15 is 0 Å². The van der Waals surface area contributed by atoms with E-state index in [9.17, 15) is 4.79 Å². The zero-order chi connectivity index (χ0) is 15.5. The van der Waals surface area contributed by atoms with Crippen molar-refractivity contribution >= 4 is 17.2 Å². The van der Waals surface area contributed by atoms with E-state index < -0.39 is 0 Å². The van der Waals surface area contributed by atoms with Crippen molar-refractivity contribution in [1.29, 1.82) is 0 Å². The number of hydrogen-bond acceptors (Lipinski definition) is 5. The summed E-state index contributed by atoms with van der Waals surface area (Å²) in [5, 5.41) is 8.47. The topological polar surface area (TPSA) is 69.0 Å². The van der Waals surface area contributed by atoms with Crippen molar-refractivity contribution in [2.24, 2.45) is 7.05 Å². The Balaban J connectivity index is 1.62. The maximum absolute atomic E-state index is 12.4. The summed E-state index contributed by atoms with van der Waals surface area (Å²) in [6, 6.07) is 0. The predicted octanol–water partition coefficient (Wildman–Crippen LogP) is 1.66. The van der Waals surface area contributed by atoms with Crippen LogP contribution >= 0.6 is 11.3 Å².